The average Bonchev–Trinajstić information content (AvgIpc) is 2.82. The predicted molar refractivity (Wildman–Crippen MR) is 114 cm³/mol. The second-order valence-electron chi connectivity index (χ2n) is 8.81. The number of ether oxygens (including phenoxy) is 1. The molecule has 3 atom stereocenters. The average molecular weight is 427 g/mol. The summed E-state index contributed by atoms with van der Waals surface area (Å²) in [7, 11) is 0. The van der Waals surface area contributed by atoms with Crippen molar-refractivity contribution in [2.75, 3.05) is 50.8 Å². The maximum atomic E-state index is 13.4. The van der Waals surface area contributed by atoms with Crippen molar-refractivity contribution in [1.82, 2.24) is 15.2 Å². The molecule has 0 unspecified atom stereocenters. The standard InChI is InChI=1S/C22H30N6O3/c23-12-16-1-2-20(25-13-16)28-6-4-17-11-18(27-7-9-31-10-8-27)3-5-22(17,15-28)21(30)26-14-19(24)29/h1-2,13,17-18H,3-11,14-15H2,(H2,24,29)(H,26,30)/t17-,18-,22-/m1/s1. The number of rotatable bonds is 5. The van der Waals surface area contributed by atoms with Gasteiger partial charge in [-0.1, -0.05) is 0 Å². The lowest BCUT2D eigenvalue weighted by Crippen LogP contribution is -2.61. The van der Waals surface area contributed by atoms with Gasteiger partial charge in [-0.3, -0.25) is 14.5 Å². The van der Waals surface area contributed by atoms with Crippen LogP contribution in [0.15, 0.2) is 18.3 Å². The van der Waals surface area contributed by atoms with E-state index in [1.165, 1.54) is 0 Å². The van der Waals surface area contributed by atoms with E-state index in [2.05, 4.69) is 26.2 Å². The summed E-state index contributed by atoms with van der Waals surface area (Å²) in [5, 5.41) is 11.8. The molecule has 3 aliphatic rings. The third kappa shape index (κ3) is 4.50. The summed E-state index contributed by atoms with van der Waals surface area (Å²) in [5.41, 5.74) is 5.22. The molecule has 0 spiro atoms. The number of fused-ring (bicyclic) bond motifs is 1. The number of nitrogens with one attached hydrogen (secondary N) is 1. The van der Waals surface area contributed by atoms with Gasteiger partial charge < -0.3 is 20.7 Å². The third-order valence-electron chi connectivity index (χ3n) is 7.12. The van der Waals surface area contributed by atoms with E-state index in [0.29, 0.717) is 18.2 Å². The van der Waals surface area contributed by atoms with Gasteiger partial charge in [-0.05, 0) is 43.7 Å². The van der Waals surface area contributed by atoms with Gasteiger partial charge in [0, 0.05) is 38.4 Å². The summed E-state index contributed by atoms with van der Waals surface area (Å²) in [6.07, 6.45) is 5.12. The van der Waals surface area contributed by atoms with E-state index < -0.39 is 11.3 Å². The van der Waals surface area contributed by atoms with Crippen LogP contribution in [0.5, 0.6) is 0 Å². The molecule has 4 rings (SSSR count). The molecule has 3 heterocycles. The highest BCUT2D eigenvalue weighted by molar-refractivity contribution is 5.88. The number of hydrogen-bond donors (Lipinski definition) is 2. The van der Waals surface area contributed by atoms with Crippen molar-refractivity contribution < 1.29 is 14.3 Å². The lowest BCUT2D eigenvalue weighted by atomic mass is 9.61. The van der Waals surface area contributed by atoms with Gasteiger partial charge in [0.1, 0.15) is 11.9 Å². The zero-order valence-corrected chi connectivity index (χ0v) is 17.8. The molecule has 1 saturated carbocycles. The molecule has 166 valence electrons. The number of carbonyl (C=O) groups excluding carboxylic acids is 2. The monoisotopic (exact) mass is 426 g/mol. The lowest BCUT2D eigenvalue weighted by Gasteiger charge is -2.53. The molecule has 9 heteroatoms. The fourth-order valence-electron chi connectivity index (χ4n) is 5.46. The van der Waals surface area contributed by atoms with Crippen LogP contribution in [-0.2, 0) is 14.3 Å². The predicted octanol–water partition coefficient (Wildman–Crippen LogP) is 0.252. The number of piperidine rings is 1. The van der Waals surface area contributed by atoms with Gasteiger partial charge in [0.25, 0.3) is 0 Å². The van der Waals surface area contributed by atoms with Crippen molar-refractivity contribution in [1.29, 1.82) is 5.26 Å². The van der Waals surface area contributed by atoms with Gasteiger partial charge in [0.2, 0.25) is 11.8 Å². The number of carbonyl (C=O) groups is 2. The van der Waals surface area contributed by atoms with Crippen LogP contribution in [0.4, 0.5) is 5.82 Å². The first-order valence-electron chi connectivity index (χ1n) is 11.0. The molecule has 2 aliphatic heterocycles. The molecule has 0 radical (unpaired) electrons. The first-order chi connectivity index (χ1) is 15.0. The number of nitrogens with zero attached hydrogens (tertiary/aromatic N) is 4. The Labute approximate surface area is 182 Å². The number of pyridine rings is 1. The van der Waals surface area contributed by atoms with Gasteiger partial charge >= 0.3 is 0 Å². The highest BCUT2D eigenvalue weighted by Crippen LogP contribution is 2.48. The molecule has 0 aromatic carbocycles. The Morgan fingerprint density at radius 2 is 2.10 bits per heavy atom. The van der Waals surface area contributed by atoms with E-state index in [0.717, 1.165) is 64.3 Å². The first-order valence-corrected chi connectivity index (χ1v) is 11.0. The topological polar surface area (TPSA) is 125 Å². The number of morpholine rings is 1. The number of anilines is 1. The summed E-state index contributed by atoms with van der Waals surface area (Å²) in [4.78, 5) is 33.7. The molecule has 1 aromatic rings. The van der Waals surface area contributed by atoms with Crippen LogP contribution in [0.1, 0.15) is 31.2 Å². The first kappa shape index (κ1) is 21.5. The van der Waals surface area contributed by atoms with Crippen molar-refractivity contribution in [2.45, 2.75) is 31.7 Å². The minimum atomic E-state index is -0.577. The molecule has 0 bridgehead atoms. The molecule has 3 N–H and O–H groups in total. The normalized spacial score (nSPS) is 28.9. The summed E-state index contributed by atoms with van der Waals surface area (Å²) in [6.45, 7) is 4.64. The van der Waals surface area contributed by atoms with Crippen LogP contribution < -0.4 is 16.0 Å². The summed E-state index contributed by atoms with van der Waals surface area (Å²) in [6, 6.07) is 6.15. The molecule has 31 heavy (non-hydrogen) atoms. The van der Waals surface area contributed by atoms with Crippen LogP contribution in [0.3, 0.4) is 0 Å². The summed E-state index contributed by atoms with van der Waals surface area (Å²) < 4.78 is 5.51. The zero-order chi connectivity index (χ0) is 21.8. The zero-order valence-electron chi connectivity index (χ0n) is 17.8. The van der Waals surface area contributed by atoms with Crippen molar-refractivity contribution in [3.63, 3.8) is 0 Å². The summed E-state index contributed by atoms with van der Waals surface area (Å²) in [5.74, 6) is 0.381. The number of nitriles is 1. The Bertz CT molecular complexity index is 848. The van der Waals surface area contributed by atoms with E-state index in [-0.39, 0.29) is 18.4 Å². The molecule has 3 fully saturated rings. The SMILES string of the molecule is N#Cc1ccc(N2CC[C@@H]3C[C@H](N4CCOCC4)CC[C@@]3(C(=O)NCC(N)=O)C2)nc1. The maximum Gasteiger partial charge on any atom is 0.236 e. The lowest BCUT2D eigenvalue weighted by molar-refractivity contribution is -0.140. The molecule has 9 nitrogen and oxygen atoms in total. The Morgan fingerprint density at radius 1 is 1.29 bits per heavy atom. The Kier molecular flexibility index (Phi) is 6.39. The van der Waals surface area contributed by atoms with Crippen LogP contribution >= 0.6 is 0 Å². The van der Waals surface area contributed by atoms with Gasteiger partial charge in [-0.25, -0.2) is 4.98 Å². The molecule has 1 aliphatic carbocycles. The minimum absolute atomic E-state index is 0.0879. The molecule has 1 aromatic heterocycles. The van der Waals surface area contributed by atoms with E-state index in [1.54, 1.807) is 12.3 Å². The summed E-state index contributed by atoms with van der Waals surface area (Å²) >= 11 is 0. The van der Waals surface area contributed by atoms with E-state index >= 15 is 0 Å². The minimum Gasteiger partial charge on any atom is -0.379 e. The van der Waals surface area contributed by atoms with Gasteiger partial charge in [0.05, 0.1) is 30.7 Å². The van der Waals surface area contributed by atoms with E-state index in [9.17, 15) is 9.59 Å². The fourth-order valence-corrected chi connectivity index (χ4v) is 5.46. The smallest absolute Gasteiger partial charge is 0.236 e. The number of amides is 2. The van der Waals surface area contributed by atoms with Crippen LogP contribution in [0.2, 0.25) is 0 Å². The van der Waals surface area contributed by atoms with Gasteiger partial charge in [-0.15, -0.1) is 0 Å². The highest BCUT2D eigenvalue weighted by atomic mass is 16.5. The second-order valence-corrected chi connectivity index (χ2v) is 8.81. The van der Waals surface area contributed by atoms with E-state index in [1.807, 2.05) is 6.07 Å². The molecule has 2 saturated heterocycles. The van der Waals surface area contributed by atoms with Crippen LogP contribution in [0, 0.1) is 22.7 Å². The van der Waals surface area contributed by atoms with Crippen LogP contribution in [0.25, 0.3) is 0 Å². The van der Waals surface area contributed by atoms with Crippen molar-refractivity contribution >= 4 is 17.6 Å². The van der Waals surface area contributed by atoms with E-state index in [4.69, 9.17) is 15.7 Å². The Hall–Kier alpha value is -2.70. The highest BCUT2D eigenvalue weighted by Gasteiger charge is 2.52. The van der Waals surface area contributed by atoms with Crippen molar-refractivity contribution in [3.05, 3.63) is 23.9 Å². The Morgan fingerprint density at radius 3 is 2.77 bits per heavy atom. The quantitative estimate of drug-likeness (QED) is 0.691. The van der Waals surface area contributed by atoms with Gasteiger partial charge in [-0.2, -0.15) is 5.26 Å². The molecule has 2 amide bonds. The van der Waals surface area contributed by atoms with Crippen molar-refractivity contribution in [2.24, 2.45) is 17.1 Å². The largest absolute Gasteiger partial charge is 0.379 e. The van der Waals surface area contributed by atoms with Crippen LogP contribution in [-0.4, -0.2) is 73.7 Å². The Balaban J connectivity index is 1.54. The maximum absolute atomic E-state index is 13.4. The number of nitrogens with two attached hydrogens (primary N) is 1. The number of primary amides is 1. The number of aromatic nitrogens is 1. The molecular weight excluding hydrogens is 396 g/mol. The fraction of sp³-hybridized carbons (Fsp3) is 0.636. The van der Waals surface area contributed by atoms with Gasteiger partial charge in [0.15, 0.2) is 0 Å². The number of hydrogen-bond acceptors (Lipinski definition) is 7. The van der Waals surface area contributed by atoms with Crippen molar-refractivity contribution in [3.8, 4) is 6.07 Å². The second kappa shape index (κ2) is 9.20. The third-order valence-corrected chi connectivity index (χ3v) is 7.12. The molecular formula is C22H30N6O3.